The molecule has 29 heavy (non-hydrogen) atoms. The highest BCUT2D eigenvalue weighted by molar-refractivity contribution is 5.83. The summed E-state index contributed by atoms with van der Waals surface area (Å²) in [5.41, 5.74) is 0.653. The highest BCUT2D eigenvalue weighted by Gasteiger charge is 2.30. The topological polar surface area (TPSA) is 75.9 Å². The van der Waals surface area contributed by atoms with Gasteiger partial charge in [0.1, 0.15) is 5.60 Å². The van der Waals surface area contributed by atoms with Crippen molar-refractivity contribution in [2.24, 2.45) is 11.8 Å². The van der Waals surface area contributed by atoms with Gasteiger partial charge >= 0.3 is 0 Å². The third-order valence-electron chi connectivity index (χ3n) is 5.73. The summed E-state index contributed by atoms with van der Waals surface area (Å²) in [6.45, 7) is 11.7. The number of rotatable bonds is 6. The number of fused-ring (bicyclic) bond motifs is 1. The number of hydrogen-bond donors (Lipinski definition) is 2. The minimum absolute atomic E-state index is 0.326. The van der Waals surface area contributed by atoms with E-state index in [9.17, 15) is 5.11 Å². The molecular formula is C23H35N5O. The Bertz CT molecular complexity index is 890. The number of nitrogens with one attached hydrogen (secondary N) is 1. The van der Waals surface area contributed by atoms with E-state index >= 15 is 0 Å². The number of hydrogen-bond acceptors (Lipinski definition) is 5. The lowest BCUT2D eigenvalue weighted by molar-refractivity contribution is 0.0410. The predicted molar refractivity (Wildman–Crippen MR) is 118 cm³/mol. The van der Waals surface area contributed by atoms with E-state index in [0.29, 0.717) is 30.1 Å². The molecule has 0 saturated heterocycles. The van der Waals surface area contributed by atoms with Crippen LogP contribution in [-0.4, -0.2) is 36.3 Å². The normalized spacial score (nSPS) is 22.1. The van der Waals surface area contributed by atoms with E-state index < -0.39 is 5.60 Å². The summed E-state index contributed by atoms with van der Waals surface area (Å²) in [7, 11) is 0. The average molecular weight is 398 g/mol. The first-order valence-electron chi connectivity index (χ1n) is 11.1. The molecule has 6 nitrogen and oxygen atoms in total. The van der Waals surface area contributed by atoms with Crippen LogP contribution in [0.2, 0.25) is 0 Å². The van der Waals surface area contributed by atoms with Crippen molar-refractivity contribution in [1.29, 1.82) is 0 Å². The van der Waals surface area contributed by atoms with Crippen molar-refractivity contribution < 1.29 is 5.11 Å². The van der Waals surface area contributed by atoms with E-state index in [1.54, 1.807) is 0 Å². The molecule has 0 aliphatic heterocycles. The lowest BCUT2D eigenvalue weighted by Crippen LogP contribution is -2.32. The first-order chi connectivity index (χ1) is 13.8. The van der Waals surface area contributed by atoms with Crippen LogP contribution in [0.15, 0.2) is 6.33 Å². The molecule has 3 rings (SSSR count). The van der Waals surface area contributed by atoms with Crippen LogP contribution in [0.4, 0.5) is 5.82 Å². The first kappa shape index (κ1) is 21.6. The smallest absolute Gasteiger partial charge is 0.209 e. The molecule has 2 heterocycles. The number of nitrogens with zero attached hydrogens (tertiary/aromatic N) is 4. The van der Waals surface area contributed by atoms with Crippen molar-refractivity contribution >= 4 is 17.0 Å². The van der Waals surface area contributed by atoms with Crippen LogP contribution in [0.5, 0.6) is 0 Å². The molecule has 0 spiro atoms. The minimum atomic E-state index is -0.933. The predicted octanol–water partition coefficient (Wildman–Crippen LogP) is 4.38. The van der Waals surface area contributed by atoms with Crippen molar-refractivity contribution in [3.63, 3.8) is 0 Å². The molecule has 2 aromatic rings. The van der Waals surface area contributed by atoms with Crippen LogP contribution in [0.3, 0.4) is 0 Å². The summed E-state index contributed by atoms with van der Waals surface area (Å²) >= 11 is 0. The Labute approximate surface area is 174 Å². The van der Waals surface area contributed by atoms with Crippen LogP contribution in [0.25, 0.3) is 11.2 Å². The molecule has 0 amide bonds. The second-order valence-electron chi connectivity index (χ2n) is 9.00. The zero-order valence-corrected chi connectivity index (χ0v) is 18.5. The molecule has 0 aromatic carbocycles. The molecule has 6 heteroatoms. The molecule has 158 valence electrons. The number of aromatic nitrogens is 4. The molecule has 0 bridgehead atoms. The van der Waals surface area contributed by atoms with Gasteiger partial charge in [0.25, 0.3) is 0 Å². The summed E-state index contributed by atoms with van der Waals surface area (Å²) < 4.78 is 2.07. The van der Waals surface area contributed by atoms with Crippen molar-refractivity contribution in [1.82, 2.24) is 19.5 Å². The van der Waals surface area contributed by atoms with Gasteiger partial charge in [-0.2, -0.15) is 0 Å². The van der Waals surface area contributed by atoms with Gasteiger partial charge in [0.2, 0.25) is 5.82 Å². The SMILES string of the molecule is CCC(CC)Nc1nc(C#C[C@]2(O)CCC[C@@H](C)C2)nc2c1ncn2CC(C)C. The van der Waals surface area contributed by atoms with Crippen LogP contribution in [0.1, 0.15) is 79.0 Å². The van der Waals surface area contributed by atoms with Gasteiger partial charge in [0.05, 0.1) is 6.33 Å². The largest absolute Gasteiger partial charge is 0.378 e. The Kier molecular flexibility index (Phi) is 6.79. The van der Waals surface area contributed by atoms with Crippen molar-refractivity contribution in [3.05, 3.63) is 12.2 Å². The zero-order valence-electron chi connectivity index (χ0n) is 18.5. The third kappa shape index (κ3) is 5.27. The van der Waals surface area contributed by atoms with Gasteiger partial charge in [-0.05, 0) is 49.9 Å². The van der Waals surface area contributed by atoms with Crippen LogP contribution in [0, 0.1) is 23.7 Å². The maximum absolute atomic E-state index is 10.9. The molecule has 1 aliphatic rings. The van der Waals surface area contributed by atoms with E-state index in [0.717, 1.165) is 55.6 Å². The maximum Gasteiger partial charge on any atom is 0.209 e. The van der Waals surface area contributed by atoms with E-state index in [1.807, 2.05) is 6.33 Å². The lowest BCUT2D eigenvalue weighted by Gasteiger charge is -2.30. The van der Waals surface area contributed by atoms with E-state index in [1.165, 1.54) is 0 Å². The molecule has 0 unspecified atom stereocenters. The lowest BCUT2D eigenvalue weighted by atomic mass is 9.79. The summed E-state index contributed by atoms with van der Waals surface area (Å²) in [6, 6.07) is 0.326. The Hall–Kier alpha value is -2.13. The quantitative estimate of drug-likeness (QED) is 0.708. The van der Waals surface area contributed by atoms with Gasteiger partial charge in [-0.1, -0.05) is 47.0 Å². The van der Waals surface area contributed by atoms with E-state index in [2.05, 4.69) is 66.3 Å². The Balaban J connectivity index is 2.01. The summed E-state index contributed by atoms with van der Waals surface area (Å²) in [6.07, 6.45) is 7.45. The molecule has 2 N–H and O–H groups in total. The van der Waals surface area contributed by atoms with Crippen molar-refractivity contribution in [2.45, 2.75) is 91.3 Å². The molecule has 1 aliphatic carbocycles. The van der Waals surface area contributed by atoms with Crippen molar-refractivity contribution in [3.8, 4) is 11.8 Å². The first-order valence-corrected chi connectivity index (χ1v) is 11.1. The van der Waals surface area contributed by atoms with E-state index in [4.69, 9.17) is 4.98 Å². The molecule has 2 atom stereocenters. The molecule has 1 saturated carbocycles. The van der Waals surface area contributed by atoms with Gasteiger partial charge in [0.15, 0.2) is 17.0 Å². The summed E-state index contributed by atoms with van der Waals surface area (Å²) in [4.78, 5) is 14.0. The fourth-order valence-corrected chi connectivity index (χ4v) is 4.12. The molecule has 1 fully saturated rings. The maximum atomic E-state index is 10.9. The monoisotopic (exact) mass is 397 g/mol. The summed E-state index contributed by atoms with van der Waals surface area (Å²) in [5.74, 6) is 8.34. The number of imidazole rings is 1. The fraction of sp³-hybridized carbons (Fsp3) is 0.696. The van der Waals surface area contributed by atoms with Crippen LogP contribution < -0.4 is 5.32 Å². The summed E-state index contributed by atoms with van der Waals surface area (Å²) in [5, 5.41) is 14.4. The van der Waals surface area contributed by atoms with Gasteiger partial charge in [-0.3, -0.25) is 0 Å². The van der Waals surface area contributed by atoms with Gasteiger partial charge in [-0.15, -0.1) is 0 Å². The molecule has 2 aromatic heterocycles. The minimum Gasteiger partial charge on any atom is -0.378 e. The average Bonchev–Trinajstić information content (AvgIpc) is 3.06. The Morgan fingerprint density at radius 3 is 2.72 bits per heavy atom. The number of anilines is 1. The fourth-order valence-electron chi connectivity index (χ4n) is 4.12. The highest BCUT2D eigenvalue weighted by Crippen LogP contribution is 2.31. The van der Waals surface area contributed by atoms with Gasteiger partial charge in [0, 0.05) is 12.6 Å². The molecule has 0 radical (unpaired) electrons. The van der Waals surface area contributed by atoms with Gasteiger partial charge < -0.3 is 15.0 Å². The third-order valence-corrected chi connectivity index (χ3v) is 5.73. The highest BCUT2D eigenvalue weighted by atomic mass is 16.3. The zero-order chi connectivity index (χ0) is 21.0. The van der Waals surface area contributed by atoms with Gasteiger partial charge in [-0.25, -0.2) is 15.0 Å². The Morgan fingerprint density at radius 1 is 1.31 bits per heavy atom. The molecular weight excluding hydrogens is 362 g/mol. The van der Waals surface area contributed by atoms with E-state index in [-0.39, 0.29) is 0 Å². The van der Waals surface area contributed by atoms with Crippen molar-refractivity contribution in [2.75, 3.05) is 5.32 Å². The number of aliphatic hydroxyl groups is 1. The standard InChI is InChI=1S/C23H35N5O/c1-6-18(7-2)25-21-20-22(28(15-24-20)14-16(3)4)27-19(26-21)10-12-23(29)11-8-9-17(5)13-23/h15-18,29H,6-9,11,13-14H2,1-5H3,(H,25,26,27)/t17-,23-/m1/s1. The Morgan fingerprint density at radius 2 is 2.07 bits per heavy atom. The second kappa shape index (κ2) is 9.13. The second-order valence-corrected chi connectivity index (χ2v) is 9.00. The van der Waals surface area contributed by atoms with Crippen LogP contribution in [-0.2, 0) is 6.54 Å². The van der Waals surface area contributed by atoms with Crippen LogP contribution >= 0.6 is 0 Å².